The van der Waals surface area contributed by atoms with Gasteiger partial charge in [0.25, 0.3) is 5.91 Å². The smallest absolute Gasteiger partial charge is 0.261 e. The molecule has 1 N–H and O–H groups in total. The summed E-state index contributed by atoms with van der Waals surface area (Å²) in [6.07, 6.45) is 0. The molecule has 0 aliphatic heterocycles. The van der Waals surface area contributed by atoms with E-state index in [-0.39, 0.29) is 11.7 Å². The third-order valence-electron chi connectivity index (χ3n) is 3.40. The minimum absolute atomic E-state index is 0.0113. The molecule has 0 bridgehead atoms. The van der Waals surface area contributed by atoms with Crippen LogP contribution in [0.2, 0.25) is 0 Å². The van der Waals surface area contributed by atoms with Crippen LogP contribution in [0.5, 0.6) is 5.75 Å². The molecule has 0 aliphatic rings. The highest BCUT2D eigenvalue weighted by Crippen LogP contribution is 2.25. The Bertz CT molecular complexity index is 662. The molecule has 0 atom stereocenters. The van der Waals surface area contributed by atoms with Gasteiger partial charge in [-0.15, -0.1) is 0 Å². The van der Waals surface area contributed by atoms with E-state index in [0.29, 0.717) is 5.56 Å². The number of anilines is 1. The fourth-order valence-electron chi connectivity index (χ4n) is 2.29. The number of benzene rings is 2. The molecular formula is C17H19NO2. The number of phenols is 1. The summed E-state index contributed by atoms with van der Waals surface area (Å²) < 4.78 is 0. The Morgan fingerprint density at radius 1 is 1.00 bits per heavy atom. The zero-order chi connectivity index (χ0) is 14.9. The molecule has 3 heteroatoms. The highest BCUT2D eigenvalue weighted by Gasteiger charge is 2.18. The van der Waals surface area contributed by atoms with E-state index in [4.69, 9.17) is 0 Å². The minimum atomic E-state index is -0.210. The summed E-state index contributed by atoms with van der Waals surface area (Å²) in [6.45, 7) is 5.89. The van der Waals surface area contributed by atoms with Crippen LogP contribution < -0.4 is 4.90 Å². The molecule has 20 heavy (non-hydrogen) atoms. The van der Waals surface area contributed by atoms with E-state index in [1.807, 2.05) is 39.0 Å². The minimum Gasteiger partial charge on any atom is -0.507 e. The second kappa shape index (κ2) is 5.37. The Morgan fingerprint density at radius 3 is 2.25 bits per heavy atom. The summed E-state index contributed by atoms with van der Waals surface area (Å²) in [5.74, 6) is -0.199. The molecule has 0 saturated heterocycles. The van der Waals surface area contributed by atoms with E-state index >= 15 is 0 Å². The molecule has 0 unspecified atom stereocenters. The van der Waals surface area contributed by atoms with Gasteiger partial charge >= 0.3 is 0 Å². The monoisotopic (exact) mass is 269 g/mol. The van der Waals surface area contributed by atoms with E-state index in [1.54, 1.807) is 30.1 Å². The number of carbonyl (C=O) groups is 1. The van der Waals surface area contributed by atoms with E-state index in [0.717, 1.165) is 22.4 Å². The van der Waals surface area contributed by atoms with Crippen LogP contribution in [0.15, 0.2) is 36.4 Å². The van der Waals surface area contributed by atoms with Crippen molar-refractivity contribution >= 4 is 11.6 Å². The third kappa shape index (κ3) is 2.67. The average molecular weight is 269 g/mol. The number of amides is 1. The van der Waals surface area contributed by atoms with Crippen LogP contribution in [0.4, 0.5) is 5.69 Å². The first-order chi connectivity index (χ1) is 9.40. The molecule has 0 aliphatic carbocycles. The predicted octanol–water partition coefficient (Wildman–Crippen LogP) is 3.59. The normalized spacial score (nSPS) is 10.4. The fourth-order valence-corrected chi connectivity index (χ4v) is 2.29. The lowest BCUT2D eigenvalue weighted by atomic mass is 10.1. The predicted molar refractivity (Wildman–Crippen MR) is 81.5 cm³/mol. The van der Waals surface area contributed by atoms with Gasteiger partial charge in [-0.25, -0.2) is 0 Å². The average Bonchev–Trinajstić information content (AvgIpc) is 2.40. The van der Waals surface area contributed by atoms with Gasteiger partial charge < -0.3 is 10.0 Å². The third-order valence-corrected chi connectivity index (χ3v) is 3.40. The van der Waals surface area contributed by atoms with Crippen LogP contribution >= 0.6 is 0 Å². The van der Waals surface area contributed by atoms with E-state index in [9.17, 15) is 9.90 Å². The largest absolute Gasteiger partial charge is 0.507 e. The van der Waals surface area contributed by atoms with Crippen molar-refractivity contribution in [1.29, 1.82) is 0 Å². The molecule has 2 aromatic rings. The molecule has 0 heterocycles. The van der Waals surface area contributed by atoms with Crippen molar-refractivity contribution in [2.75, 3.05) is 11.9 Å². The summed E-state index contributed by atoms with van der Waals surface area (Å²) in [7, 11) is 1.72. The molecule has 1 amide bonds. The SMILES string of the molecule is Cc1ccc(N(C)C(=O)c2cc(C)ccc2O)c(C)c1. The number of aromatic hydroxyl groups is 1. The maximum atomic E-state index is 12.5. The summed E-state index contributed by atoms with van der Waals surface area (Å²) in [5, 5.41) is 9.87. The Labute approximate surface area is 119 Å². The molecule has 0 radical (unpaired) electrons. The zero-order valence-corrected chi connectivity index (χ0v) is 12.3. The van der Waals surface area contributed by atoms with E-state index in [1.165, 1.54) is 0 Å². The number of nitrogens with zero attached hydrogens (tertiary/aromatic N) is 1. The summed E-state index contributed by atoms with van der Waals surface area (Å²) in [6, 6.07) is 11.0. The highest BCUT2D eigenvalue weighted by molar-refractivity contribution is 6.07. The molecule has 3 nitrogen and oxygen atoms in total. The zero-order valence-electron chi connectivity index (χ0n) is 12.3. The van der Waals surface area contributed by atoms with Crippen molar-refractivity contribution in [2.45, 2.75) is 20.8 Å². The second-order valence-corrected chi connectivity index (χ2v) is 5.17. The number of aryl methyl sites for hydroxylation is 3. The van der Waals surface area contributed by atoms with Gasteiger partial charge in [-0.1, -0.05) is 29.3 Å². The second-order valence-electron chi connectivity index (χ2n) is 5.17. The highest BCUT2D eigenvalue weighted by atomic mass is 16.3. The van der Waals surface area contributed by atoms with E-state index < -0.39 is 0 Å². The maximum absolute atomic E-state index is 12.5. The molecule has 104 valence electrons. The van der Waals surface area contributed by atoms with Crippen molar-refractivity contribution in [2.24, 2.45) is 0 Å². The van der Waals surface area contributed by atoms with Gasteiger partial charge in [0.15, 0.2) is 0 Å². The Hall–Kier alpha value is -2.29. The standard InChI is InChI=1S/C17H19NO2/c1-11-5-7-15(13(3)9-11)18(4)17(20)14-10-12(2)6-8-16(14)19/h5-10,19H,1-4H3. The first-order valence-corrected chi connectivity index (χ1v) is 6.55. The first kappa shape index (κ1) is 14.1. The lowest BCUT2D eigenvalue weighted by Gasteiger charge is -2.20. The van der Waals surface area contributed by atoms with Crippen LogP contribution in [-0.2, 0) is 0 Å². The van der Waals surface area contributed by atoms with Gasteiger partial charge in [0, 0.05) is 12.7 Å². The number of phenolic OH excluding ortho intramolecular Hbond substituents is 1. The van der Waals surface area contributed by atoms with Crippen molar-refractivity contribution < 1.29 is 9.90 Å². The van der Waals surface area contributed by atoms with Crippen LogP contribution in [-0.4, -0.2) is 18.1 Å². The molecule has 0 spiro atoms. The molecule has 0 aromatic heterocycles. The topological polar surface area (TPSA) is 40.5 Å². The van der Waals surface area contributed by atoms with Gasteiger partial charge in [-0.05, 0) is 44.5 Å². The van der Waals surface area contributed by atoms with Gasteiger partial charge in [-0.2, -0.15) is 0 Å². The summed E-state index contributed by atoms with van der Waals surface area (Å²) in [4.78, 5) is 14.1. The van der Waals surface area contributed by atoms with Gasteiger partial charge in [-0.3, -0.25) is 4.79 Å². The first-order valence-electron chi connectivity index (χ1n) is 6.55. The van der Waals surface area contributed by atoms with Gasteiger partial charge in [0.2, 0.25) is 0 Å². The number of hydrogen-bond donors (Lipinski definition) is 1. The molecule has 2 rings (SSSR count). The van der Waals surface area contributed by atoms with Crippen molar-refractivity contribution in [3.8, 4) is 5.75 Å². The Kier molecular flexibility index (Phi) is 3.79. The molecule has 0 saturated carbocycles. The van der Waals surface area contributed by atoms with E-state index in [2.05, 4.69) is 0 Å². The lowest BCUT2D eigenvalue weighted by Crippen LogP contribution is -2.27. The van der Waals surface area contributed by atoms with Crippen LogP contribution in [0.1, 0.15) is 27.0 Å². The number of carbonyl (C=O) groups excluding carboxylic acids is 1. The van der Waals surface area contributed by atoms with Crippen LogP contribution in [0, 0.1) is 20.8 Å². The number of hydrogen-bond acceptors (Lipinski definition) is 2. The van der Waals surface area contributed by atoms with Gasteiger partial charge in [0.05, 0.1) is 5.56 Å². The fraction of sp³-hybridized carbons (Fsp3) is 0.235. The van der Waals surface area contributed by atoms with Gasteiger partial charge in [0.1, 0.15) is 5.75 Å². The molecule has 2 aromatic carbocycles. The van der Waals surface area contributed by atoms with Crippen molar-refractivity contribution in [3.63, 3.8) is 0 Å². The molecule has 0 fully saturated rings. The maximum Gasteiger partial charge on any atom is 0.261 e. The number of rotatable bonds is 2. The summed E-state index contributed by atoms with van der Waals surface area (Å²) in [5.41, 5.74) is 4.31. The lowest BCUT2D eigenvalue weighted by molar-refractivity contribution is 0.0990. The quantitative estimate of drug-likeness (QED) is 0.905. The van der Waals surface area contributed by atoms with Crippen LogP contribution in [0.25, 0.3) is 0 Å². The van der Waals surface area contributed by atoms with Crippen molar-refractivity contribution in [1.82, 2.24) is 0 Å². The molecular weight excluding hydrogens is 250 g/mol. The Morgan fingerprint density at radius 2 is 1.60 bits per heavy atom. The summed E-state index contributed by atoms with van der Waals surface area (Å²) >= 11 is 0. The van der Waals surface area contributed by atoms with Crippen molar-refractivity contribution in [3.05, 3.63) is 58.7 Å². The van der Waals surface area contributed by atoms with Crippen LogP contribution in [0.3, 0.4) is 0 Å². The Balaban J connectivity index is 2.40.